The van der Waals surface area contributed by atoms with Gasteiger partial charge in [0.15, 0.2) is 12.2 Å². The Balaban J connectivity index is 5.26. The van der Waals surface area contributed by atoms with E-state index < -0.39 is 97.5 Å². The van der Waals surface area contributed by atoms with Crippen molar-refractivity contribution < 1.29 is 80.2 Å². The summed E-state index contributed by atoms with van der Waals surface area (Å²) in [5, 5.41) is 10.6. The summed E-state index contributed by atoms with van der Waals surface area (Å²) in [6.07, 6.45) is 45.7. The molecular formula is C69H134O17P2. The lowest BCUT2D eigenvalue weighted by atomic mass is 10.0. The molecule has 3 N–H and O–H groups in total. The first kappa shape index (κ1) is 86.1. The van der Waals surface area contributed by atoms with Crippen LogP contribution < -0.4 is 0 Å². The largest absolute Gasteiger partial charge is 0.472 e. The number of rotatable bonds is 68. The molecule has 0 radical (unpaired) electrons. The predicted octanol–water partition coefficient (Wildman–Crippen LogP) is 19.6. The Morgan fingerprint density at radius 2 is 0.523 bits per heavy atom. The highest BCUT2D eigenvalue weighted by atomic mass is 31.2. The molecule has 0 aromatic rings. The lowest BCUT2D eigenvalue weighted by molar-refractivity contribution is -0.161. The van der Waals surface area contributed by atoms with Gasteiger partial charge in [0.25, 0.3) is 0 Å². The summed E-state index contributed by atoms with van der Waals surface area (Å²) in [5.74, 6) is -0.628. The summed E-state index contributed by atoms with van der Waals surface area (Å²) in [7, 11) is -9.90. The van der Waals surface area contributed by atoms with Crippen LogP contribution in [-0.2, 0) is 65.4 Å². The molecule has 88 heavy (non-hydrogen) atoms. The monoisotopic (exact) mass is 1300 g/mol. The third-order valence-electron chi connectivity index (χ3n) is 16.0. The van der Waals surface area contributed by atoms with Gasteiger partial charge in [-0.25, -0.2) is 9.13 Å². The van der Waals surface area contributed by atoms with E-state index in [2.05, 4.69) is 41.5 Å². The fourth-order valence-electron chi connectivity index (χ4n) is 10.4. The molecule has 19 heteroatoms. The molecule has 17 nitrogen and oxygen atoms in total. The Morgan fingerprint density at radius 1 is 0.307 bits per heavy atom. The minimum atomic E-state index is -4.95. The molecule has 0 amide bonds. The second-order valence-electron chi connectivity index (χ2n) is 25.9. The second kappa shape index (κ2) is 61.3. The maximum absolute atomic E-state index is 13.0. The predicted molar refractivity (Wildman–Crippen MR) is 354 cm³/mol. The van der Waals surface area contributed by atoms with Crippen LogP contribution in [0.4, 0.5) is 0 Å². The van der Waals surface area contributed by atoms with E-state index in [-0.39, 0.29) is 25.7 Å². The van der Waals surface area contributed by atoms with E-state index in [4.69, 9.17) is 37.0 Å². The summed E-state index contributed by atoms with van der Waals surface area (Å²) in [6.45, 7) is 9.51. The first-order valence-corrected chi connectivity index (χ1v) is 39.0. The zero-order chi connectivity index (χ0) is 65.0. The molecule has 2 unspecified atom stereocenters. The highest BCUT2D eigenvalue weighted by molar-refractivity contribution is 7.47. The van der Waals surface area contributed by atoms with E-state index in [1.807, 2.05) is 0 Å². The van der Waals surface area contributed by atoms with E-state index in [1.165, 1.54) is 167 Å². The zero-order valence-corrected chi connectivity index (χ0v) is 58.8. The van der Waals surface area contributed by atoms with Gasteiger partial charge in [-0.2, -0.15) is 0 Å². The van der Waals surface area contributed by atoms with Gasteiger partial charge in [0.2, 0.25) is 0 Å². The van der Waals surface area contributed by atoms with Crippen LogP contribution in [0.1, 0.15) is 350 Å². The van der Waals surface area contributed by atoms with Crippen molar-refractivity contribution >= 4 is 39.5 Å². The topological polar surface area (TPSA) is 237 Å². The lowest BCUT2D eigenvalue weighted by Gasteiger charge is -2.21. The number of phosphoric acid groups is 2. The highest BCUT2D eigenvalue weighted by Gasteiger charge is 2.30. The number of carbonyl (C=O) groups excluding carboxylic acids is 4. The van der Waals surface area contributed by atoms with Crippen LogP contribution >= 0.6 is 15.6 Å². The van der Waals surface area contributed by atoms with E-state index in [0.29, 0.717) is 25.7 Å². The Labute approximate surface area is 537 Å². The van der Waals surface area contributed by atoms with Crippen molar-refractivity contribution in [3.63, 3.8) is 0 Å². The zero-order valence-electron chi connectivity index (χ0n) is 57.0. The van der Waals surface area contributed by atoms with Crippen LogP contribution in [0.3, 0.4) is 0 Å². The third kappa shape index (κ3) is 62.8. The van der Waals surface area contributed by atoms with Crippen LogP contribution in [0.15, 0.2) is 0 Å². The van der Waals surface area contributed by atoms with Gasteiger partial charge < -0.3 is 33.8 Å². The molecule has 0 aliphatic heterocycles. The molecule has 0 bridgehead atoms. The van der Waals surface area contributed by atoms with E-state index in [1.54, 1.807) is 0 Å². The van der Waals surface area contributed by atoms with Crippen LogP contribution in [0.25, 0.3) is 0 Å². The minimum Gasteiger partial charge on any atom is -0.462 e. The number of ether oxygens (including phenoxy) is 4. The van der Waals surface area contributed by atoms with Gasteiger partial charge in [-0.3, -0.25) is 37.3 Å². The van der Waals surface area contributed by atoms with Gasteiger partial charge in [0.05, 0.1) is 26.4 Å². The normalized spacial score (nSPS) is 14.2. The summed E-state index contributed by atoms with van der Waals surface area (Å²) >= 11 is 0. The van der Waals surface area contributed by atoms with Gasteiger partial charge in [-0.05, 0) is 37.5 Å². The maximum Gasteiger partial charge on any atom is 0.472 e. The first-order chi connectivity index (χ1) is 42.4. The Bertz CT molecular complexity index is 1720. The smallest absolute Gasteiger partial charge is 0.462 e. The van der Waals surface area contributed by atoms with Gasteiger partial charge in [-0.15, -0.1) is 0 Å². The molecule has 0 fully saturated rings. The third-order valence-corrected chi connectivity index (χ3v) is 17.9. The molecular weight excluding hydrogens is 1160 g/mol. The Kier molecular flexibility index (Phi) is 59.9. The van der Waals surface area contributed by atoms with E-state index in [9.17, 15) is 43.2 Å². The molecule has 5 atom stereocenters. The van der Waals surface area contributed by atoms with Crippen molar-refractivity contribution in [3.05, 3.63) is 0 Å². The summed E-state index contributed by atoms with van der Waals surface area (Å²) in [5.41, 5.74) is 0. The number of phosphoric ester groups is 2. The summed E-state index contributed by atoms with van der Waals surface area (Å²) in [4.78, 5) is 72.5. The molecule has 0 aliphatic carbocycles. The molecule has 0 aromatic carbocycles. The van der Waals surface area contributed by atoms with E-state index in [0.717, 1.165) is 102 Å². The van der Waals surface area contributed by atoms with Gasteiger partial charge in [0.1, 0.15) is 19.3 Å². The van der Waals surface area contributed by atoms with Crippen molar-refractivity contribution in [2.45, 2.75) is 368 Å². The van der Waals surface area contributed by atoms with Crippen molar-refractivity contribution in [3.8, 4) is 0 Å². The number of esters is 4. The van der Waals surface area contributed by atoms with Crippen molar-refractivity contribution in [2.24, 2.45) is 11.8 Å². The average Bonchev–Trinajstić information content (AvgIpc) is 3.61. The Morgan fingerprint density at radius 3 is 0.773 bits per heavy atom. The van der Waals surface area contributed by atoms with Crippen molar-refractivity contribution in [1.29, 1.82) is 0 Å². The first-order valence-electron chi connectivity index (χ1n) is 36.0. The van der Waals surface area contributed by atoms with Crippen LogP contribution in [0.2, 0.25) is 0 Å². The number of hydrogen-bond donors (Lipinski definition) is 3. The van der Waals surface area contributed by atoms with Crippen LogP contribution in [0, 0.1) is 11.8 Å². The fraction of sp³-hybridized carbons (Fsp3) is 0.942. The number of aliphatic hydroxyl groups excluding tert-OH is 1. The van der Waals surface area contributed by atoms with E-state index >= 15 is 0 Å². The minimum absolute atomic E-state index is 0.106. The molecule has 0 aromatic heterocycles. The van der Waals surface area contributed by atoms with Gasteiger partial charge >= 0.3 is 39.5 Å². The standard InChI is InChI=1S/C69H134O17P2/c1-7-9-11-13-15-17-19-21-28-35-41-47-53-68(73)85-64(57-79-66(71)51-45-39-33-27-20-18-16-14-12-10-8-2)59-83-87(75,76)81-55-63(70)56-82-88(77,78)84-60-65(58-80-67(72)52-46-40-34-30-24-26-32-38-44-50-62(5)6)86-69(74)54-48-42-36-29-23-22-25-31-37-43-49-61(3)4/h61-65,70H,7-60H2,1-6H3,(H,75,76)(H,77,78)/t63-,64+,65+/m0/s1. The molecule has 0 heterocycles. The Hall–Kier alpha value is -1.94. The highest BCUT2D eigenvalue weighted by Crippen LogP contribution is 2.45. The number of carbonyl (C=O) groups is 4. The van der Waals surface area contributed by atoms with Gasteiger partial charge in [-0.1, -0.05) is 298 Å². The molecule has 0 rings (SSSR count). The SMILES string of the molecule is CCCCCCCCCCCCCCC(=O)O[C@H](COC(=O)CCCCCCCCCCCCC)COP(=O)(O)OC[C@H](O)COP(=O)(O)OC[C@@H](COC(=O)CCCCCCCCCCCC(C)C)OC(=O)CCCCCCCCCCCCC(C)C. The lowest BCUT2D eigenvalue weighted by Crippen LogP contribution is -2.30. The van der Waals surface area contributed by atoms with Crippen LogP contribution in [-0.4, -0.2) is 96.7 Å². The van der Waals surface area contributed by atoms with Crippen molar-refractivity contribution in [1.82, 2.24) is 0 Å². The number of unbranched alkanes of at least 4 members (excludes halogenated alkanes) is 38. The average molecular weight is 1300 g/mol. The maximum atomic E-state index is 13.0. The molecule has 0 saturated heterocycles. The number of hydrogen-bond acceptors (Lipinski definition) is 15. The molecule has 522 valence electrons. The van der Waals surface area contributed by atoms with Crippen LogP contribution in [0.5, 0.6) is 0 Å². The quantitative estimate of drug-likeness (QED) is 0.0222. The number of aliphatic hydroxyl groups is 1. The van der Waals surface area contributed by atoms with Crippen molar-refractivity contribution in [2.75, 3.05) is 39.6 Å². The molecule has 0 saturated carbocycles. The molecule has 0 spiro atoms. The summed E-state index contributed by atoms with van der Waals surface area (Å²) in [6, 6.07) is 0. The summed E-state index contributed by atoms with van der Waals surface area (Å²) < 4.78 is 68.2. The fourth-order valence-corrected chi connectivity index (χ4v) is 12.0. The van der Waals surface area contributed by atoms with Gasteiger partial charge in [0, 0.05) is 25.7 Å². The second-order valence-corrected chi connectivity index (χ2v) is 28.8. The molecule has 0 aliphatic rings.